The van der Waals surface area contributed by atoms with Crippen molar-refractivity contribution < 1.29 is 14.3 Å². The summed E-state index contributed by atoms with van der Waals surface area (Å²) >= 11 is 0. The Morgan fingerprint density at radius 1 is 0.939 bits per heavy atom. The van der Waals surface area contributed by atoms with Crippen molar-refractivity contribution in [2.75, 3.05) is 0 Å². The predicted molar refractivity (Wildman–Crippen MR) is 130 cm³/mol. The van der Waals surface area contributed by atoms with Crippen molar-refractivity contribution in [1.82, 2.24) is 10.3 Å². The number of rotatable bonds is 7. The first-order chi connectivity index (χ1) is 15.8. The fraction of sp³-hybridized carbons (Fsp3) is 0.214. The van der Waals surface area contributed by atoms with Gasteiger partial charge in [-0.1, -0.05) is 65.7 Å². The molecule has 1 heterocycles. The number of amides is 1. The Morgan fingerprint density at radius 2 is 1.61 bits per heavy atom. The van der Waals surface area contributed by atoms with E-state index in [1.165, 1.54) is 0 Å². The zero-order chi connectivity index (χ0) is 23.4. The van der Waals surface area contributed by atoms with Gasteiger partial charge in [0.2, 0.25) is 0 Å². The molecule has 5 nitrogen and oxygen atoms in total. The third-order valence-corrected chi connectivity index (χ3v) is 5.75. The number of aromatic nitrogens is 1. The minimum absolute atomic E-state index is 0.145. The van der Waals surface area contributed by atoms with Crippen LogP contribution in [0.5, 0.6) is 0 Å². The van der Waals surface area contributed by atoms with E-state index in [-0.39, 0.29) is 12.5 Å². The van der Waals surface area contributed by atoms with Crippen LogP contribution in [0.3, 0.4) is 0 Å². The third kappa shape index (κ3) is 5.14. The normalized spacial score (nSPS) is 12.8. The SMILES string of the molecule is Cc1cc(C)cc(COC(=O)C(C)(Cc2c[nH]c3ccccc23)NC(=O)c2ccccc2)c1. The Labute approximate surface area is 193 Å². The summed E-state index contributed by atoms with van der Waals surface area (Å²) < 4.78 is 5.74. The number of para-hydroxylation sites is 1. The molecule has 1 atom stereocenters. The number of nitrogens with one attached hydrogen (secondary N) is 2. The summed E-state index contributed by atoms with van der Waals surface area (Å²) in [6.07, 6.45) is 2.18. The number of aryl methyl sites for hydroxylation is 2. The lowest BCUT2D eigenvalue weighted by Crippen LogP contribution is -2.54. The van der Waals surface area contributed by atoms with Crippen LogP contribution in [0.4, 0.5) is 0 Å². The van der Waals surface area contributed by atoms with Gasteiger partial charge in [0, 0.05) is 29.1 Å². The lowest BCUT2D eigenvalue weighted by atomic mass is 9.92. The van der Waals surface area contributed by atoms with Crippen molar-refractivity contribution in [3.63, 3.8) is 0 Å². The second kappa shape index (κ2) is 9.33. The van der Waals surface area contributed by atoms with Crippen molar-refractivity contribution in [1.29, 1.82) is 0 Å². The lowest BCUT2D eigenvalue weighted by Gasteiger charge is -2.29. The molecule has 0 fully saturated rings. The molecule has 0 saturated heterocycles. The van der Waals surface area contributed by atoms with E-state index in [9.17, 15) is 9.59 Å². The first-order valence-electron chi connectivity index (χ1n) is 11.0. The van der Waals surface area contributed by atoms with Crippen molar-refractivity contribution >= 4 is 22.8 Å². The van der Waals surface area contributed by atoms with Crippen LogP contribution in [-0.4, -0.2) is 22.4 Å². The van der Waals surface area contributed by atoms with Crippen LogP contribution in [0.1, 0.15) is 39.5 Å². The molecule has 0 aliphatic rings. The number of fused-ring (bicyclic) bond motifs is 1. The molecule has 0 aliphatic carbocycles. The summed E-state index contributed by atoms with van der Waals surface area (Å²) in [5.74, 6) is -0.794. The summed E-state index contributed by atoms with van der Waals surface area (Å²) in [5.41, 5.74) is 4.29. The minimum Gasteiger partial charge on any atom is -0.459 e. The highest BCUT2D eigenvalue weighted by molar-refractivity contribution is 5.98. The standard InChI is InChI=1S/C28H28N2O3/c1-19-13-20(2)15-21(14-19)18-33-27(32)28(3,30-26(31)22-9-5-4-6-10-22)16-23-17-29-25-12-8-7-11-24(23)25/h4-15,17,29H,16,18H2,1-3H3,(H,30,31). The molecule has 4 rings (SSSR count). The van der Waals surface area contributed by atoms with Crippen LogP contribution >= 0.6 is 0 Å². The third-order valence-electron chi connectivity index (χ3n) is 5.75. The summed E-state index contributed by atoms with van der Waals surface area (Å²) in [5, 5.41) is 3.96. The molecule has 1 aromatic heterocycles. The molecule has 0 saturated carbocycles. The number of carbonyl (C=O) groups is 2. The molecule has 1 unspecified atom stereocenters. The van der Waals surface area contributed by atoms with Crippen molar-refractivity contribution in [2.24, 2.45) is 0 Å². The van der Waals surface area contributed by atoms with Gasteiger partial charge in [0.25, 0.3) is 5.91 Å². The first-order valence-corrected chi connectivity index (χ1v) is 11.0. The summed E-state index contributed by atoms with van der Waals surface area (Å²) in [7, 11) is 0. The quantitative estimate of drug-likeness (QED) is 0.385. The van der Waals surface area contributed by atoms with Crippen LogP contribution in [-0.2, 0) is 22.6 Å². The molecule has 3 aromatic carbocycles. The molecular weight excluding hydrogens is 412 g/mol. The molecule has 1 amide bonds. The van der Waals surface area contributed by atoms with E-state index in [4.69, 9.17) is 4.74 Å². The Kier molecular flexibility index (Phi) is 6.31. The number of esters is 1. The number of ether oxygens (including phenoxy) is 1. The van der Waals surface area contributed by atoms with Gasteiger partial charge in [0.05, 0.1) is 0 Å². The van der Waals surface area contributed by atoms with Crippen LogP contribution in [0, 0.1) is 13.8 Å². The smallest absolute Gasteiger partial charge is 0.332 e. The summed E-state index contributed by atoms with van der Waals surface area (Å²) in [6.45, 7) is 5.89. The van der Waals surface area contributed by atoms with Gasteiger partial charge >= 0.3 is 5.97 Å². The molecule has 168 valence electrons. The van der Waals surface area contributed by atoms with Gasteiger partial charge in [-0.3, -0.25) is 4.79 Å². The number of hydrogen-bond acceptors (Lipinski definition) is 3. The molecule has 0 aliphatic heterocycles. The van der Waals surface area contributed by atoms with E-state index in [1.807, 2.05) is 62.5 Å². The van der Waals surface area contributed by atoms with Crippen molar-refractivity contribution in [3.8, 4) is 0 Å². The second-order valence-electron chi connectivity index (χ2n) is 8.76. The molecule has 2 N–H and O–H groups in total. The lowest BCUT2D eigenvalue weighted by molar-refractivity contribution is -0.152. The number of aromatic amines is 1. The van der Waals surface area contributed by atoms with E-state index in [0.717, 1.165) is 33.2 Å². The molecule has 4 aromatic rings. The van der Waals surface area contributed by atoms with Gasteiger partial charge in [0.15, 0.2) is 0 Å². The fourth-order valence-electron chi connectivity index (χ4n) is 4.20. The van der Waals surface area contributed by atoms with Gasteiger partial charge in [-0.25, -0.2) is 4.79 Å². The van der Waals surface area contributed by atoms with E-state index < -0.39 is 11.5 Å². The van der Waals surface area contributed by atoms with E-state index in [1.54, 1.807) is 31.2 Å². The number of benzene rings is 3. The molecular formula is C28H28N2O3. The maximum Gasteiger partial charge on any atom is 0.332 e. The molecule has 0 bridgehead atoms. The van der Waals surface area contributed by atoms with E-state index in [2.05, 4.69) is 16.4 Å². The summed E-state index contributed by atoms with van der Waals surface area (Å²) in [4.78, 5) is 29.6. The molecule has 33 heavy (non-hydrogen) atoms. The Balaban J connectivity index is 1.60. The second-order valence-corrected chi connectivity index (χ2v) is 8.76. The Morgan fingerprint density at radius 3 is 2.33 bits per heavy atom. The molecule has 5 heteroatoms. The number of hydrogen-bond donors (Lipinski definition) is 2. The average molecular weight is 441 g/mol. The molecule has 0 spiro atoms. The van der Waals surface area contributed by atoms with E-state index >= 15 is 0 Å². The largest absolute Gasteiger partial charge is 0.459 e. The average Bonchev–Trinajstić information content (AvgIpc) is 3.20. The van der Waals surface area contributed by atoms with Gasteiger partial charge in [-0.2, -0.15) is 0 Å². The van der Waals surface area contributed by atoms with E-state index in [0.29, 0.717) is 12.0 Å². The van der Waals surface area contributed by atoms with Crippen LogP contribution in [0.15, 0.2) is 79.0 Å². The summed E-state index contributed by atoms with van der Waals surface area (Å²) in [6, 6.07) is 22.9. The van der Waals surface area contributed by atoms with Crippen molar-refractivity contribution in [3.05, 3.63) is 107 Å². The van der Waals surface area contributed by atoms with Gasteiger partial charge in [-0.15, -0.1) is 0 Å². The maximum absolute atomic E-state index is 13.4. The monoisotopic (exact) mass is 440 g/mol. The predicted octanol–water partition coefficient (Wildman–Crippen LogP) is 5.26. The maximum atomic E-state index is 13.4. The van der Waals surface area contributed by atoms with Crippen LogP contribution in [0.25, 0.3) is 10.9 Å². The highest BCUT2D eigenvalue weighted by atomic mass is 16.5. The van der Waals surface area contributed by atoms with Gasteiger partial charge < -0.3 is 15.0 Å². The van der Waals surface area contributed by atoms with Crippen LogP contribution in [0.2, 0.25) is 0 Å². The van der Waals surface area contributed by atoms with Crippen LogP contribution < -0.4 is 5.32 Å². The Bertz CT molecular complexity index is 1270. The number of carbonyl (C=O) groups excluding carboxylic acids is 2. The first kappa shape index (κ1) is 22.3. The molecule has 0 radical (unpaired) electrons. The Hall–Kier alpha value is -3.86. The zero-order valence-corrected chi connectivity index (χ0v) is 19.1. The zero-order valence-electron chi connectivity index (χ0n) is 19.1. The topological polar surface area (TPSA) is 71.2 Å². The van der Waals surface area contributed by atoms with Gasteiger partial charge in [0.1, 0.15) is 12.1 Å². The van der Waals surface area contributed by atoms with Crippen molar-refractivity contribution in [2.45, 2.75) is 39.3 Å². The number of H-pyrrole nitrogens is 1. The highest BCUT2D eigenvalue weighted by Gasteiger charge is 2.38. The van der Waals surface area contributed by atoms with Gasteiger partial charge in [-0.05, 0) is 50.1 Å². The minimum atomic E-state index is -1.25. The highest BCUT2D eigenvalue weighted by Crippen LogP contribution is 2.24. The fourth-order valence-corrected chi connectivity index (χ4v) is 4.20.